The van der Waals surface area contributed by atoms with E-state index < -0.39 is 11.8 Å². The highest BCUT2D eigenvalue weighted by Gasteiger charge is 2.07. The topological polar surface area (TPSA) is 50.2 Å². The molecule has 0 aliphatic heterocycles. The minimum atomic E-state index is -1.16. The van der Waals surface area contributed by atoms with Gasteiger partial charge in [-0.15, -0.1) is 0 Å². The highest BCUT2D eigenvalue weighted by molar-refractivity contribution is 6.13. The largest absolute Gasteiger partial charge is 0.478 e. The quantitative estimate of drug-likeness (QED) is 0.676. The molecular weight excluding hydrogens is 161 g/mol. The maximum atomic E-state index is 12.3. The molecule has 4 heteroatoms. The number of rotatable bonds is 2. The van der Waals surface area contributed by atoms with Gasteiger partial charge in [-0.05, 0) is 12.1 Å². The van der Waals surface area contributed by atoms with E-state index >= 15 is 0 Å². The molecule has 0 aliphatic rings. The van der Waals surface area contributed by atoms with Crippen LogP contribution in [0.2, 0.25) is 0 Å². The second kappa shape index (κ2) is 3.13. The zero-order valence-corrected chi connectivity index (χ0v) is 6.12. The molecule has 0 aromatic carbocycles. The molecule has 0 saturated heterocycles. The molecule has 1 N–H and O–H groups in total. The van der Waals surface area contributed by atoms with E-state index in [0.29, 0.717) is 0 Å². The Morgan fingerprint density at radius 3 is 2.67 bits per heavy atom. The molecule has 0 spiro atoms. The van der Waals surface area contributed by atoms with E-state index in [1.54, 1.807) is 0 Å². The van der Waals surface area contributed by atoms with Crippen LogP contribution < -0.4 is 0 Å². The van der Waals surface area contributed by atoms with Crippen LogP contribution in [0.25, 0.3) is 5.57 Å². The molecular formula is C8H6FNO2. The zero-order valence-electron chi connectivity index (χ0n) is 6.12. The standard InChI is InChI=1S/C8H6FNO2/c1-5(8(11)12)7-3-2-6(9)4-10-7/h2-4H,1H2,(H,11,12). The Hall–Kier alpha value is -1.71. The number of carbonyl (C=O) groups is 1. The molecule has 0 atom stereocenters. The van der Waals surface area contributed by atoms with Crippen LogP contribution in [-0.4, -0.2) is 16.1 Å². The van der Waals surface area contributed by atoms with Crippen molar-refractivity contribution in [3.05, 3.63) is 36.4 Å². The van der Waals surface area contributed by atoms with Crippen LogP contribution in [0.1, 0.15) is 5.69 Å². The summed E-state index contributed by atoms with van der Waals surface area (Å²) >= 11 is 0. The highest BCUT2D eigenvalue weighted by Crippen LogP contribution is 2.08. The lowest BCUT2D eigenvalue weighted by molar-refractivity contribution is -0.130. The summed E-state index contributed by atoms with van der Waals surface area (Å²) in [6, 6.07) is 2.41. The number of nitrogens with zero attached hydrogens (tertiary/aromatic N) is 1. The average molecular weight is 167 g/mol. The Morgan fingerprint density at radius 1 is 1.58 bits per heavy atom. The summed E-state index contributed by atoms with van der Waals surface area (Å²) in [6.45, 7) is 3.27. The second-order valence-corrected chi connectivity index (χ2v) is 2.15. The third-order valence-electron chi connectivity index (χ3n) is 1.29. The molecule has 1 heterocycles. The first kappa shape index (κ1) is 8.39. The van der Waals surface area contributed by atoms with Crippen LogP contribution in [0.15, 0.2) is 24.9 Å². The van der Waals surface area contributed by atoms with Crippen molar-refractivity contribution in [1.29, 1.82) is 0 Å². The van der Waals surface area contributed by atoms with E-state index in [2.05, 4.69) is 11.6 Å². The fraction of sp³-hybridized carbons (Fsp3) is 0. The van der Waals surface area contributed by atoms with Crippen LogP contribution in [0.3, 0.4) is 0 Å². The molecule has 12 heavy (non-hydrogen) atoms. The van der Waals surface area contributed by atoms with Crippen molar-refractivity contribution in [1.82, 2.24) is 4.98 Å². The van der Waals surface area contributed by atoms with E-state index in [9.17, 15) is 9.18 Å². The number of carboxylic acids is 1. The van der Waals surface area contributed by atoms with Crippen molar-refractivity contribution in [2.24, 2.45) is 0 Å². The van der Waals surface area contributed by atoms with Crippen LogP contribution in [-0.2, 0) is 4.79 Å². The smallest absolute Gasteiger partial charge is 0.337 e. The fourth-order valence-corrected chi connectivity index (χ4v) is 0.664. The minimum Gasteiger partial charge on any atom is -0.478 e. The summed E-state index contributed by atoms with van der Waals surface area (Å²) in [7, 11) is 0. The Morgan fingerprint density at radius 2 is 2.25 bits per heavy atom. The van der Waals surface area contributed by atoms with Crippen molar-refractivity contribution >= 4 is 11.5 Å². The molecule has 62 valence electrons. The van der Waals surface area contributed by atoms with Gasteiger partial charge in [-0.1, -0.05) is 6.58 Å². The maximum absolute atomic E-state index is 12.3. The van der Waals surface area contributed by atoms with Crippen LogP contribution in [0.4, 0.5) is 4.39 Å². The zero-order chi connectivity index (χ0) is 9.14. The first-order chi connectivity index (χ1) is 5.61. The number of pyridine rings is 1. The number of aromatic nitrogens is 1. The number of hydrogen-bond donors (Lipinski definition) is 1. The van der Waals surface area contributed by atoms with Crippen molar-refractivity contribution in [3.63, 3.8) is 0 Å². The van der Waals surface area contributed by atoms with Gasteiger partial charge in [0.2, 0.25) is 0 Å². The molecule has 0 radical (unpaired) electrons. The number of halogens is 1. The first-order valence-electron chi connectivity index (χ1n) is 3.15. The molecule has 0 aliphatic carbocycles. The lowest BCUT2D eigenvalue weighted by Crippen LogP contribution is -1.99. The Kier molecular flexibility index (Phi) is 2.19. The summed E-state index contributed by atoms with van der Waals surface area (Å²) in [5.41, 5.74) is 0.0268. The first-order valence-corrected chi connectivity index (χ1v) is 3.15. The Bertz CT molecular complexity index is 318. The van der Waals surface area contributed by atoms with Crippen LogP contribution in [0, 0.1) is 5.82 Å². The summed E-state index contributed by atoms with van der Waals surface area (Å²) in [6.07, 6.45) is 0.948. The molecule has 0 saturated carbocycles. The second-order valence-electron chi connectivity index (χ2n) is 2.15. The van der Waals surface area contributed by atoms with E-state index in [1.165, 1.54) is 6.07 Å². The number of carboxylic acid groups (broad SMARTS) is 1. The minimum absolute atomic E-state index is 0.144. The van der Waals surface area contributed by atoms with E-state index in [4.69, 9.17) is 5.11 Å². The lowest BCUT2D eigenvalue weighted by atomic mass is 10.2. The summed E-state index contributed by atoms with van der Waals surface area (Å²) in [5.74, 6) is -1.66. The van der Waals surface area contributed by atoms with Crippen molar-refractivity contribution in [2.75, 3.05) is 0 Å². The van der Waals surface area contributed by atoms with Gasteiger partial charge in [0, 0.05) is 0 Å². The summed E-state index contributed by atoms with van der Waals surface area (Å²) < 4.78 is 12.3. The average Bonchev–Trinajstić information content (AvgIpc) is 2.04. The molecule has 3 nitrogen and oxygen atoms in total. The van der Waals surface area contributed by atoms with Crippen molar-refractivity contribution < 1.29 is 14.3 Å². The monoisotopic (exact) mass is 167 g/mol. The van der Waals surface area contributed by atoms with Gasteiger partial charge in [-0.3, -0.25) is 4.98 Å². The summed E-state index contributed by atoms with van der Waals surface area (Å²) in [5, 5.41) is 8.47. The molecule has 0 unspecified atom stereocenters. The number of aliphatic carboxylic acids is 1. The molecule has 1 aromatic rings. The van der Waals surface area contributed by atoms with Gasteiger partial charge in [-0.25, -0.2) is 9.18 Å². The SMILES string of the molecule is C=C(C(=O)O)c1ccc(F)cn1. The molecule has 0 fully saturated rings. The number of hydrogen-bond acceptors (Lipinski definition) is 2. The van der Waals surface area contributed by atoms with Crippen molar-refractivity contribution in [3.8, 4) is 0 Å². The molecule has 1 rings (SSSR count). The van der Waals surface area contributed by atoms with Gasteiger partial charge in [-0.2, -0.15) is 0 Å². The fourth-order valence-electron chi connectivity index (χ4n) is 0.664. The predicted octanol–water partition coefficient (Wildman–Crippen LogP) is 1.32. The molecule has 1 aromatic heterocycles. The normalized spacial score (nSPS) is 9.42. The Labute approximate surface area is 68.2 Å². The van der Waals surface area contributed by atoms with Gasteiger partial charge in [0.1, 0.15) is 5.82 Å². The van der Waals surface area contributed by atoms with Gasteiger partial charge in [0.15, 0.2) is 0 Å². The lowest BCUT2D eigenvalue weighted by Gasteiger charge is -1.97. The van der Waals surface area contributed by atoms with Gasteiger partial charge in [0.05, 0.1) is 17.5 Å². The van der Waals surface area contributed by atoms with Gasteiger partial charge < -0.3 is 5.11 Å². The van der Waals surface area contributed by atoms with Gasteiger partial charge in [0.25, 0.3) is 0 Å². The predicted molar refractivity (Wildman–Crippen MR) is 40.9 cm³/mol. The Balaban J connectivity index is 2.98. The molecule has 0 bridgehead atoms. The highest BCUT2D eigenvalue weighted by atomic mass is 19.1. The summed E-state index contributed by atoms with van der Waals surface area (Å²) in [4.78, 5) is 13.9. The third-order valence-corrected chi connectivity index (χ3v) is 1.29. The van der Waals surface area contributed by atoms with E-state index in [-0.39, 0.29) is 11.3 Å². The maximum Gasteiger partial charge on any atom is 0.337 e. The van der Waals surface area contributed by atoms with E-state index in [0.717, 1.165) is 12.3 Å². The van der Waals surface area contributed by atoms with Crippen LogP contribution in [0.5, 0.6) is 0 Å². The third kappa shape index (κ3) is 1.66. The van der Waals surface area contributed by atoms with Crippen LogP contribution >= 0.6 is 0 Å². The molecule has 0 amide bonds. The van der Waals surface area contributed by atoms with Crippen molar-refractivity contribution in [2.45, 2.75) is 0 Å². The van der Waals surface area contributed by atoms with Gasteiger partial charge >= 0.3 is 5.97 Å². The van der Waals surface area contributed by atoms with E-state index in [1.807, 2.05) is 0 Å².